The number of nitrogens with one attached hydrogen (secondary N) is 3. The molecule has 116 valence electrons. The largest absolute Gasteiger partial charge is 0.326 e. The van der Waals surface area contributed by atoms with Crippen LogP contribution >= 0.6 is 11.3 Å². The number of thiazole rings is 1. The second-order valence-electron chi connectivity index (χ2n) is 4.68. The Kier molecular flexibility index (Phi) is 4.15. The number of benzene rings is 1. The van der Waals surface area contributed by atoms with Gasteiger partial charge in [0.05, 0.1) is 10.2 Å². The average Bonchev–Trinajstić information content (AvgIpc) is 2.88. The maximum Gasteiger partial charge on any atom is 0.326 e. The number of carbonyl (C=O) groups excluding carboxylic acids is 2. The van der Waals surface area contributed by atoms with Crippen molar-refractivity contribution in [2.24, 2.45) is 0 Å². The molecular formula is C15H13N5O2S. The van der Waals surface area contributed by atoms with Crippen LogP contribution in [0.15, 0.2) is 42.6 Å². The number of aromatic nitrogens is 2. The van der Waals surface area contributed by atoms with Crippen LogP contribution in [0.3, 0.4) is 0 Å². The number of carbonyl (C=O) groups is 2. The summed E-state index contributed by atoms with van der Waals surface area (Å²) in [5.41, 5.74) is 1.44. The van der Waals surface area contributed by atoms with E-state index in [4.69, 9.17) is 0 Å². The van der Waals surface area contributed by atoms with Gasteiger partial charge in [-0.25, -0.2) is 14.8 Å². The van der Waals surface area contributed by atoms with Crippen molar-refractivity contribution in [1.82, 2.24) is 9.97 Å². The first-order chi connectivity index (χ1) is 11.1. The van der Waals surface area contributed by atoms with Crippen molar-refractivity contribution in [3.05, 3.63) is 42.6 Å². The van der Waals surface area contributed by atoms with Crippen LogP contribution < -0.4 is 16.0 Å². The zero-order valence-electron chi connectivity index (χ0n) is 12.2. The number of nitrogens with zero attached hydrogens (tertiary/aromatic N) is 2. The van der Waals surface area contributed by atoms with E-state index in [1.807, 2.05) is 6.07 Å². The number of pyridine rings is 1. The molecule has 0 bridgehead atoms. The Hall–Kier alpha value is -3.00. The molecule has 0 aliphatic rings. The molecule has 3 aromatic rings. The minimum atomic E-state index is -0.412. The van der Waals surface area contributed by atoms with Gasteiger partial charge in [0.25, 0.3) is 0 Å². The van der Waals surface area contributed by atoms with Gasteiger partial charge in [0.2, 0.25) is 5.91 Å². The Morgan fingerprint density at radius 3 is 2.70 bits per heavy atom. The maximum absolute atomic E-state index is 11.9. The first kappa shape index (κ1) is 14.9. The molecule has 23 heavy (non-hydrogen) atoms. The molecule has 1 aromatic carbocycles. The van der Waals surface area contributed by atoms with Gasteiger partial charge in [-0.15, -0.1) is 0 Å². The minimum absolute atomic E-state index is 0.137. The summed E-state index contributed by atoms with van der Waals surface area (Å²) in [6, 6.07) is 10.2. The van der Waals surface area contributed by atoms with Crippen molar-refractivity contribution in [2.45, 2.75) is 6.92 Å². The highest BCUT2D eigenvalue weighted by molar-refractivity contribution is 7.22. The summed E-state index contributed by atoms with van der Waals surface area (Å²) in [5.74, 6) is 0.320. The van der Waals surface area contributed by atoms with Crippen LogP contribution in [0.1, 0.15) is 6.92 Å². The summed E-state index contributed by atoms with van der Waals surface area (Å²) in [7, 11) is 0. The summed E-state index contributed by atoms with van der Waals surface area (Å²) in [6.07, 6.45) is 1.59. The van der Waals surface area contributed by atoms with Gasteiger partial charge in [0.1, 0.15) is 5.82 Å². The third-order valence-corrected chi connectivity index (χ3v) is 3.77. The molecule has 0 saturated carbocycles. The van der Waals surface area contributed by atoms with Crippen molar-refractivity contribution >= 4 is 50.1 Å². The molecule has 0 radical (unpaired) electrons. The van der Waals surface area contributed by atoms with Crippen LogP contribution in [-0.4, -0.2) is 21.9 Å². The van der Waals surface area contributed by atoms with Crippen molar-refractivity contribution < 1.29 is 9.59 Å². The molecule has 0 aliphatic heterocycles. The quantitative estimate of drug-likeness (QED) is 0.688. The summed E-state index contributed by atoms with van der Waals surface area (Å²) in [4.78, 5) is 31.3. The van der Waals surface area contributed by atoms with Crippen molar-refractivity contribution in [3.8, 4) is 0 Å². The maximum atomic E-state index is 11.9. The number of hydrogen-bond donors (Lipinski definition) is 3. The van der Waals surface area contributed by atoms with Gasteiger partial charge in [-0.3, -0.25) is 15.4 Å². The van der Waals surface area contributed by atoms with Crippen molar-refractivity contribution in [1.29, 1.82) is 0 Å². The predicted molar refractivity (Wildman–Crippen MR) is 90.8 cm³/mol. The summed E-state index contributed by atoms with van der Waals surface area (Å²) >= 11 is 1.32. The van der Waals surface area contributed by atoms with Gasteiger partial charge in [0, 0.05) is 18.8 Å². The molecular weight excluding hydrogens is 314 g/mol. The first-order valence-electron chi connectivity index (χ1n) is 6.77. The Morgan fingerprint density at radius 2 is 1.96 bits per heavy atom. The minimum Gasteiger partial charge on any atom is -0.326 e. The molecule has 3 N–H and O–H groups in total. The molecule has 0 aliphatic carbocycles. The van der Waals surface area contributed by atoms with E-state index in [1.54, 1.807) is 36.5 Å². The van der Waals surface area contributed by atoms with E-state index in [0.717, 1.165) is 10.2 Å². The zero-order chi connectivity index (χ0) is 16.2. The number of rotatable bonds is 3. The lowest BCUT2D eigenvalue weighted by molar-refractivity contribution is -0.114. The third-order valence-electron chi connectivity index (χ3n) is 2.84. The Morgan fingerprint density at radius 1 is 1.09 bits per heavy atom. The second kappa shape index (κ2) is 6.41. The van der Waals surface area contributed by atoms with Gasteiger partial charge in [-0.1, -0.05) is 17.4 Å². The lowest BCUT2D eigenvalue weighted by atomic mass is 10.3. The molecule has 3 rings (SSSR count). The van der Waals surface area contributed by atoms with Crippen LogP contribution in [0, 0.1) is 0 Å². The summed E-state index contributed by atoms with van der Waals surface area (Å²) in [5, 5.41) is 8.47. The fraction of sp³-hybridized carbons (Fsp3) is 0.0667. The van der Waals surface area contributed by atoms with Gasteiger partial charge < -0.3 is 5.32 Å². The van der Waals surface area contributed by atoms with Crippen molar-refractivity contribution in [2.75, 3.05) is 16.0 Å². The Balaban J connectivity index is 1.73. The van der Waals surface area contributed by atoms with Gasteiger partial charge >= 0.3 is 6.03 Å². The highest BCUT2D eigenvalue weighted by Crippen LogP contribution is 2.28. The monoisotopic (exact) mass is 327 g/mol. The Bertz CT molecular complexity index is 863. The predicted octanol–water partition coefficient (Wildman–Crippen LogP) is 3.29. The first-order valence-corrected chi connectivity index (χ1v) is 7.59. The third kappa shape index (κ3) is 3.80. The number of amides is 3. The molecule has 8 heteroatoms. The standard InChI is InChI=1S/C15H13N5O2S/c1-9(21)17-10-5-6-11-12(8-10)23-15(18-11)20-14(22)19-13-4-2-3-7-16-13/h2-8H,1H3,(H,17,21)(H2,16,18,19,20,22). The number of hydrogen-bond acceptors (Lipinski definition) is 5. The van der Waals surface area contributed by atoms with E-state index >= 15 is 0 Å². The van der Waals surface area contributed by atoms with Crippen LogP contribution in [0.5, 0.6) is 0 Å². The Labute approximate surface area is 135 Å². The molecule has 0 spiro atoms. The van der Waals surface area contributed by atoms with E-state index in [-0.39, 0.29) is 5.91 Å². The summed E-state index contributed by atoms with van der Waals surface area (Å²) < 4.78 is 0.865. The van der Waals surface area contributed by atoms with Gasteiger partial charge in [-0.2, -0.15) is 0 Å². The number of fused-ring (bicyclic) bond motifs is 1. The van der Waals surface area contributed by atoms with E-state index < -0.39 is 6.03 Å². The van der Waals surface area contributed by atoms with Crippen molar-refractivity contribution in [3.63, 3.8) is 0 Å². The molecule has 0 atom stereocenters. The smallest absolute Gasteiger partial charge is 0.326 e. The average molecular weight is 327 g/mol. The van der Waals surface area contributed by atoms with Gasteiger partial charge in [0.15, 0.2) is 5.13 Å². The molecule has 0 saturated heterocycles. The lowest BCUT2D eigenvalue weighted by Gasteiger charge is -2.03. The van der Waals surface area contributed by atoms with Crippen LogP contribution in [0.4, 0.5) is 21.4 Å². The van der Waals surface area contributed by atoms with E-state index in [9.17, 15) is 9.59 Å². The molecule has 7 nitrogen and oxygen atoms in total. The normalized spacial score (nSPS) is 10.3. The number of urea groups is 1. The fourth-order valence-electron chi connectivity index (χ4n) is 1.94. The fourth-order valence-corrected chi connectivity index (χ4v) is 2.84. The van der Waals surface area contributed by atoms with Gasteiger partial charge in [-0.05, 0) is 30.3 Å². The summed E-state index contributed by atoms with van der Waals surface area (Å²) in [6.45, 7) is 1.45. The zero-order valence-corrected chi connectivity index (χ0v) is 13.0. The molecule has 3 amide bonds. The second-order valence-corrected chi connectivity index (χ2v) is 5.71. The molecule has 2 heterocycles. The topological polar surface area (TPSA) is 96.0 Å². The molecule has 0 fully saturated rings. The SMILES string of the molecule is CC(=O)Nc1ccc2nc(NC(=O)Nc3ccccn3)sc2c1. The highest BCUT2D eigenvalue weighted by Gasteiger charge is 2.09. The van der Waals surface area contributed by atoms with E-state index in [1.165, 1.54) is 18.3 Å². The van der Waals surface area contributed by atoms with Crippen LogP contribution in [-0.2, 0) is 4.79 Å². The highest BCUT2D eigenvalue weighted by atomic mass is 32.1. The molecule has 2 aromatic heterocycles. The van der Waals surface area contributed by atoms with Crippen LogP contribution in [0.2, 0.25) is 0 Å². The molecule has 0 unspecified atom stereocenters. The van der Waals surface area contributed by atoms with Crippen LogP contribution in [0.25, 0.3) is 10.2 Å². The number of anilines is 3. The van der Waals surface area contributed by atoms with E-state index in [0.29, 0.717) is 16.6 Å². The van der Waals surface area contributed by atoms with E-state index in [2.05, 4.69) is 25.9 Å². The lowest BCUT2D eigenvalue weighted by Crippen LogP contribution is -2.19.